The summed E-state index contributed by atoms with van der Waals surface area (Å²) in [6.45, 7) is 0. The minimum absolute atomic E-state index is 0.0294. The second-order valence-electron chi connectivity index (χ2n) is 5.94. The average Bonchev–Trinajstić information content (AvgIpc) is 2.66. The summed E-state index contributed by atoms with van der Waals surface area (Å²) in [4.78, 5) is 22.0. The Kier molecular flexibility index (Phi) is 5.01. The van der Waals surface area contributed by atoms with Gasteiger partial charge in [0.2, 0.25) is 0 Å². The molecule has 0 fully saturated rings. The summed E-state index contributed by atoms with van der Waals surface area (Å²) in [5.41, 5.74) is 5.80. The van der Waals surface area contributed by atoms with Gasteiger partial charge in [0.1, 0.15) is 0 Å². The van der Waals surface area contributed by atoms with Gasteiger partial charge < -0.3 is 15.9 Å². The van der Waals surface area contributed by atoms with Crippen LogP contribution in [0.25, 0.3) is 10.8 Å². The Hall–Kier alpha value is -3.83. The largest absolute Gasteiger partial charge is 0.478 e. The van der Waals surface area contributed by atoms with Crippen LogP contribution in [0, 0.1) is 0 Å². The Morgan fingerprint density at radius 3 is 2.00 bits per heavy atom. The first-order valence-electron chi connectivity index (χ1n) is 7.89. The van der Waals surface area contributed by atoms with Gasteiger partial charge in [-0.15, -0.1) is 5.11 Å². The van der Waals surface area contributed by atoms with E-state index in [0.29, 0.717) is 11.1 Å². The number of aromatic carboxylic acids is 2. The molecule has 10 nitrogen and oxygen atoms in total. The van der Waals surface area contributed by atoms with Gasteiger partial charge in [-0.3, -0.25) is 4.55 Å². The minimum atomic E-state index is -4.46. The molecule has 0 unspecified atom stereocenters. The fraction of sp³-hybridized carbons (Fsp3) is 0. The third-order valence-electron chi connectivity index (χ3n) is 3.98. The van der Waals surface area contributed by atoms with Gasteiger partial charge in [0.05, 0.1) is 27.4 Å². The maximum absolute atomic E-state index is 11.4. The number of nitrogens with zero attached hydrogens (tertiary/aromatic N) is 2. The zero-order valence-electron chi connectivity index (χ0n) is 14.5. The molecule has 11 heteroatoms. The van der Waals surface area contributed by atoms with Gasteiger partial charge in [-0.05, 0) is 42.5 Å². The second-order valence-corrected chi connectivity index (χ2v) is 7.36. The van der Waals surface area contributed by atoms with Gasteiger partial charge in [0.25, 0.3) is 10.1 Å². The van der Waals surface area contributed by atoms with E-state index in [1.165, 1.54) is 30.3 Å². The van der Waals surface area contributed by atoms with E-state index in [1.807, 2.05) is 0 Å². The fourth-order valence-electron chi connectivity index (χ4n) is 2.61. The average molecular weight is 415 g/mol. The highest BCUT2D eigenvalue weighted by Crippen LogP contribution is 2.33. The molecule has 0 bridgehead atoms. The van der Waals surface area contributed by atoms with E-state index < -0.39 is 22.1 Å². The van der Waals surface area contributed by atoms with E-state index in [0.717, 1.165) is 18.2 Å². The van der Waals surface area contributed by atoms with Crippen LogP contribution in [0.1, 0.15) is 20.7 Å². The number of carboxylic acid groups (broad SMARTS) is 2. The monoisotopic (exact) mass is 415 g/mol. The molecular formula is C18H13N3O7S. The molecule has 148 valence electrons. The van der Waals surface area contributed by atoms with Crippen molar-refractivity contribution in [3.63, 3.8) is 0 Å². The quantitative estimate of drug-likeness (QED) is 0.277. The van der Waals surface area contributed by atoms with E-state index in [-0.39, 0.29) is 32.8 Å². The maximum atomic E-state index is 11.4. The third kappa shape index (κ3) is 4.20. The van der Waals surface area contributed by atoms with Gasteiger partial charge in [-0.2, -0.15) is 13.5 Å². The fourth-order valence-corrected chi connectivity index (χ4v) is 3.12. The number of nitrogen functional groups attached to an aromatic ring is 1. The van der Waals surface area contributed by atoms with Crippen molar-refractivity contribution in [1.29, 1.82) is 0 Å². The van der Waals surface area contributed by atoms with E-state index in [9.17, 15) is 22.6 Å². The van der Waals surface area contributed by atoms with Gasteiger partial charge in [-0.1, -0.05) is 6.07 Å². The standard InChI is InChI=1S/C18H13N3O7S/c19-15-3-4-16(14-8-12(29(26,27)28)1-2-13(14)15)21-20-11-6-9(17(22)23)5-10(7-11)18(24)25/h1-8H,19H2,(H,22,23)(H,24,25)(H,26,27,28). The van der Waals surface area contributed by atoms with Crippen LogP contribution in [0.4, 0.5) is 17.1 Å². The van der Waals surface area contributed by atoms with Crippen LogP contribution < -0.4 is 5.73 Å². The lowest BCUT2D eigenvalue weighted by Crippen LogP contribution is -2.01. The zero-order chi connectivity index (χ0) is 21.3. The molecular weight excluding hydrogens is 402 g/mol. The number of carbonyl (C=O) groups is 2. The van der Waals surface area contributed by atoms with Crippen LogP contribution >= 0.6 is 0 Å². The molecule has 0 amide bonds. The highest BCUT2D eigenvalue weighted by molar-refractivity contribution is 7.85. The Morgan fingerprint density at radius 1 is 0.828 bits per heavy atom. The summed E-state index contributed by atoms with van der Waals surface area (Å²) in [6, 6.07) is 9.99. The number of anilines is 1. The molecule has 0 atom stereocenters. The molecule has 5 N–H and O–H groups in total. The number of nitrogens with two attached hydrogens (primary N) is 1. The van der Waals surface area contributed by atoms with E-state index in [1.54, 1.807) is 0 Å². The van der Waals surface area contributed by atoms with Crippen LogP contribution in [0.2, 0.25) is 0 Å². The van der Waals surface area contributed by atoms with Crippen LogP contribution in [0.3, 0.4) is 0 Å². The van der Waals surface area contributed by atoms with Crippen LogP contribution in [-0.2, 0) is 10.1 Å². The van der Waals surface area contributed by atoms with Gasteiger partial charge >= 0.3 is 11.9 Å². The smallest absolute Gasteiger partial charge is 0.335 e. The molecule has 0 aliphatic rings. The normalized spacial score (nSPS) is 11.8. The topological polar surface area (TPSA) is 180 Å². The van der Waals surface area contributed by atoms with Gasteiger partial charge in [0, 0.05) is 16.5 Å². The SMILES string of the molecule is Nc1ccc(N=Nc2cc(C(=O)O)cc(C(=O)O)c2)c2cc(S(=O)(=O)O)ccc12. The Morgan fingerprint density at radius 2 is 1.45 bits per heavy atom. The van der Waals surface area contributed by atoms with Gasteiger partial charge in [0.15, 0.2) is 0 Å². The molecule has 0 aliphatic carbocycles. The number of hydrogen-bond donors (Lipinski definition) is 4. The van der Waals surface area contributed by atoms with Crippen molar-refractivity contribution in [1.82, 2.24) is 0 Å². The van der Waals surface area contributed by atoms with Crippen molar-refractivity contribution >= 4 is 49.9 Å². The Bertz CT molecular complexity index is 1270. The van der Waals surface area contributed by atoms with Crippen LogP contribution in [0.5, 0.6) is 0 Å². The minimum Gasteiger partial charge on any atom is -0.478 e. The third-order valence-corrected chi connectivity index (χ3v) is 4.83. The lowest BCUT2D eigenvalue weighted by molar-refractivity contribution is 0.0696. The predicted molar refractivity (Wildman–Crippen MR) is 103 cm³/mol. The number of carboxylic acids is 2. The van der Waals surface area contributed by atoms with E-state index >= 15 is 0 Å². The molecule has 0 aliphatic heterocycles. The van der Waals surface area contributed by atoms with Crippen LogP contribution in [0.15, 0.2) is 63.7 Å². The number of azo groups is 1. The predicted octanol–water partition coefficient (Wildman–Crippen LogP) is 3.48. The highest BCUT2D eigenvalue weighted by Gasteiger charge is 2.14. The number of hydrogen-bond acceptors (Lipinski definition) is 7. The van der Waals surface area contributed by atoms with E-state index in [2.05, 4.69) is 10.2 Å². The number of rotatable bonds is 5. The summed E-state index contributed by atoms with van der Waals surface area (Å²) in [5.74, 6) is -2.67. The van der Waals surface area contributed by atoms with Crippen molar-refractivity contribution in [2.24, 2.45) is 10.2 Å². The van der Waals surface area contributed by atoms with E-state index in [4.69, 9.17) is 15.9 Å². The van der Waals surface area contributed by atoms with Crippen molar-refractivity contribution in [2.45, 2.75) is 4.90 Å². The summed E-state index contributed by atoms with van der Waals surface area (Å²) in [6.07, 6.45) is 0. The molecule has 29 heavy (non-hydrogen) atoms. The van der Waals surface area contributed by atoms with Crippen molar-refractivity contribution in [3.8, 4) is 0 Å². The first-order valence-corrected chi connectivity index (χ1v) is 9.33. The Balaban J connectivity index is 2.15. The molecule has 3 aromatic rings. The summed E-state index contributed by atoms with van der Waals surface area (Å²) >= 11 is 0. The summed E-state index contributed by atoms with van der Waals surface area (Å²) < 4.78 is 32.1. The Labute approximate surface area is 163 Å². The highest BCUT2D eigenvalue weighted by atomic mass is 32.2. The molecule has 0 saturated heterocycles. The number of benzene rings is 3. The summed E-state index contributed by atoms with van der Waals surface area (Å²) in [7, 11) is -4.46. The second kappa shape index (κ2) is 7.30. The van der Waals surface area contributed by atoms with Crippen molar-refractivity contribution < 1.29 is 32.8 Å². The van der Waals surface area contributed by atoms with Gasteiger partial charge in [-0.25, -0.2) is 9.59 Å². The molecule has 0 aromatic heterocycles. The number of fused-ring (bicyclic) bond motifs is 1. The molecule has 0 saturated carbocycles. The van der Waals surface area contributed by atoms with Crippen LogP contribution in [-0.4, -0.2) is 35.1 Å². The van der Waals surface area contributed by atoms with Crippen molar-refractivity contribution in [2.75, 3.05) is 5.73 Å². The lowest BCUT2D eigenvalue weighted by atomic mass is 10.1. The molecule has 0 radical (unpaired) electrons. The van der Waals surface area contributed by atoms with Crippen molar-refractivity contribution in [3.05, 3.63) is 59.7 Å². The molecule has 0 spiro atoms. The molecule has 0 heterocycles. The first-order chi connectivity index (χ1) is 13.6. The molecule has 3 aromatic carbocycles. The maximum Gasteiger partial charge on any atom is 0.335 e. The first kappa shape index (κ1) is 19.9. The zero-order valence-corrected chi connectivity index (χ0v) is 15.3. The lowest BCUT2D eigenvalue weighted by Gasteiger charge is -2.07. The summed E-state index contributed by atoms with van der Waals surface area (Å²) in [5, 5.41) is 26.8. The molecule has 3 rings (SSSR count).